The number of amides is 2. The molecule has 2 N–H and O–H groups in total. The van der Waals surface area contributed by atoms with E-state index in [1.54, 1.807) is 50.2 Å². The van der Waals surface area contributed by atoms with Gasteiger partial charge in [-0.1, -0.05) is 0 Å². The molecule has 0 bridgehead atoms. The number of hydrogen-bond donors (Lipinski definition) is 2. The van der Waals surface area contributed by atoms with Crippen molar-refractivity contribution in [2.75, 3.05) is 0 Å². The molecule has 0 aliphatic heterocycles. The standard InChI is InChI=1S/C22H22N4O4/c1-13-5-11-19(29-13)15(3)23-25-21(27)17-7-9-18(10-8-17)22(28)26-24-16(4)20-12-6-14(2)30-20/h5-12H,1-4H3,(H,25,27)(H,26,28). The van der Waals surface area contributed by atoms with Gasteiger partial charge in [-0.3, -0.25) is 9.59 Å². The van der Waals surface area contributed by atoms with Gasteiger partial charge in [-0.15, -0.1) is 0 Å². The van der Waals surface area contributed by atoms with Crippen LogP contribution in [0.15, 0.2) is 67.6 Å². The van der Waals surface area contributed by atoms with Crippen LogP contribution in [0.5, 0.6) is 0 Å². The van der Waals surface area contributed by atoms with Crippen LogP contribution >= 0.6 is 0 Å². The molecule has 3 rings (SSSR count). The van der Waals surface area contributed by atoms with E-state index in [0.29, 0.717) is 34.1 Å². The van der Waals surface area contributed by atoms with Gasteiger partial charge in [0, 0.05) is 11.1 Å². The van der Waals surface area contributed by atoms with Crippen LogP contribution in [-0.4, -0.2) is 23.2 Å². The number of nitrogens with zero attached hydrogens (tertiary/aromatic N) is 2. The van der Waals surface area contributed by atoms with Crippen molar-refractivity contribution in [3.63, 3.8) is 0 Å². The molecule has 8 heteroatoms. The average molecular weight is 406 g/mol. The molecule has 0 saturated carbocycles. The zero-order chi connectivity index (χ0) is 21.7. The first-order chi connectivity index (χ1) is 14.3. The van der Waals surface area contributed by atoms with Crippen LogP contribution in [-0.2, 0) is 0 Å². The second-order valence-corrected chi connectivity index (χ2v) is 6.67. The van der Waals surface area contributed by atoms with Gasteiger partial charge in [0.25, 0.3) is 11.8 Å². The third-order valence-corrected chi connectivity index (χ3v) is 4.25. The summed E-state index contributed by atoms with van der Waals surface area (Å²) in [5.74, 6) is 1.90. The Hall–Kier alpha value is -3.94. The Morgan fingerprint density at radius 3 is 1.33 bits per heavy atom. The fourth-order valence-electron chi connectivity index (χ4n) is 2.54. The molecule has 30 heavy (non-hydrogen) atoms. The molecule has 2 amide bonds. The molecule has 0 aliphatic rings. The Kier molecular flexibility index (Phi) is 6.26. The van der Waals surface area contributed by atoms with Crippen molar-refractivity contribution >= 4 is 23.2 Å². The summed E-state index contributed by atoms with van der Waals surface area (Å²) in [4.78, 5) is 24.5. The van der Waals surface area contributed by atoms with Gasteiger partial charge < -0.3 is 8.83 Å². The predicted molar refractivity (Wildman–Crippen MR) is 113 cm³/mol. The third kappa shape index (κ3) is 5.11. The molecule has 1 aromatic carbocycles. The Morgan fingerprint density at radius 2 is 1.03 bits per heavy atom. The molecule has 0 aliphatic carbocycles. The van der Waals surface area contributed by atoms with E-state index >= 15 is 0 Å². The van der Waals surface area contributed by atoms with Crippen molar-refractivity contribution < 1.29 is 18.4 Å². The van der Waals surface area contributed by atoms with Crippen molar-refractivity contribution in [1.82, 2.24) is 10.9 Å². The quantitative estimate of drug-likeness (QED) is 0.479. The second-order valence-electron chi connectivity index (χ2n) is 6.67. The van der Waals surface area contributed by atoms with E-state index in [-0.39, 0.29) is 0 Å². The summed E-state index contributed by atoms with van der Waals surface area (Å²) in [6.07, 6.45) is 0. The van der Waals surface area contributed by atoms with Gasteiger partial charge in [-0.2, -0.15) is 10.2 Å². The van der Waals surface area contributed by atoms with Gasteiger partial charge in [0.1, 0.15) is 34.5 Å². The maximum atomic E-state index is 12.3. The molecule has 0 radical (unpaired) electrons. The lowest BCUT2D eigenvalue weighted by molar-refractivity contribution is 0.0943. The molecule has 0 saturated heterocycles. The number of hydrazone groups is 2. The molecule has 0 spiro atoms. The van der Waals surface area contributed by atoms with Gasteiger partial charge in [0.15, 0.2) is 0 Å². The van der Waals surface area contributed by atoms with E-state index in [1.807, 2.05) is 26.0 Å². The molecule has 154 valence electrons. The normalized spacial score (nSPS) is 12.0. The van der Waals surface area contributed by atoms with Crippen LogP contribution < -0.4 is 10.9 Å². The number of furan rings is 2. The molecule has 2 heterocycles. The summed E-state index contributed by atoms with van der Waals surface area (Å²) in [6.45, 7) is 7.13. The van der Waals surface area contributed by atoms with Crippen molar-refractivity contribution in [3.8, 4) is 0 Å². The largest absolute Gasteiger partial charge is 0.460 e. The summed E-state index contributed by atoms with van der Waals surface area (Å²) < 4.78 is 10.9. The highest BCUT2D eigenvalue weighted by Gasteiger charge is 2.10. The van der Waals surface area contributed by atoms with Gasteiger partial charge in [-0.25, -0.2) is 10.9 Å². The molecule has 3 aromatic rings. The minimum atomic E-state index is -0.397. The molecule has 0 fully saturated rings. The topological polar surface area (TPSA) is 109 Å². The van der Waals surface area contributed by atoms with Gasteiger partial charge in [0.05, 0.1) is 0 Å². The highest BCUT2D eigenvalue weighted by Crippen LogP contribution is 2.09. The highest BCUT2D eigenvalue weighted by molar-refractivity contribution is 6.01. The molecule has 2 aromatic heterocycles. The highest BCUT2D eigenvalue weighted by atomic mass is 16.3. The lowest BCUT2D eigenvalue weighted by atomic mass is 10.1. The van der Waals surface area contributed by atoms with Gasteiger partial charge >= 0.3 is 0 Å². The number of nitrogens with one attached hydrogen (secondary N) is 2. The minimum absolute atomic E-state index is 0.365. The fraction of sp³-hybridized carbons (Fsp3) is 0.182. The number of benzene rings is 1. The summed E-state index contributed by atoms with van der Waals surface area (Å²) in [6, 6.07) is 13.4. The molecule has 8 nitrogen and oxygen atoms in total. The summed E-state index contributed by atoms with van der Waals surface area (Å²) in [5, 5.41) is 8.08. The van der Waals surface area contributed by atoms with E-state index in [0.717, 1.165) is 11.5 Å². The summed E-state index contributed by atoms with van der Waals surface area (Å²) in [5.41, 5.74) is 6.77. The van der Waals surface area contributed by atoms with E-state index in [1.165, 1.54) is 0 Å². The van der Waals surface area contributed by atoms with Gasteiger partial charge in [-0.05, 0) is 76.2 Å². The van der Waals surface area contributed by atoms with Crippen LogP contribution in [0.2, 0.25) is 0 Å². The third-order valence-electron chi connectivity index (χ3n) is 4.25. The van der Waals surface area contributed by atoms with E-state index < -0.39 is 11.8 Å². The maximum Gasteiger partial charge on any atom is 0.271 e. The van der Waals surface area contributed by atoms with Crippen LogP contribution in [0.25, 0.3) is 0 Å². The zero-order valence-corrected chi connectivity index (χ0v) is 17.1. The molecule has 0 unspecified atom stereocenters. The molecule has 0 atom stereocenters. The first kappa shape index (κ1) is 20.8. The molecular weight excluding hydrogens is 384 g/mol. The van der Waals surface area contributed by atoms with Crippen LogP contribution in [0.4, 0.5) is 0 Å². The second kappa shape index (κ2) is 9.04. The summed E-state index contributed by atoms with van der Waals surface area (Å²) >= 11 is 0. The number of carbonyl (C=O) groups excluding carboxylic acids is 2. The summed E-state index contributed by atoms with van der Waals surface area (Å²) in [7, 11) is 0. The van der Waals surface area contributed by atoms with Crippen molar-refractivity contribution in [2.24, 2.45) is 10.2 Å². The fourth-order valence-corrected chi connectivity index (χ4v) is 2.54. The monoisotopic (exact) mass is 406 g/mol. The first-order valence-corrected chi connectivity index (χ1v) is 9.26. The molecular formula is C22H22N4O4. The zero-order valence-electron chi connectivity index (χ0n) is 17.1. The van der Waals surface area contributed by atoms with Crippen molar-refractivity contribution in [1.29, 1.82) is 0 Å². The minimum Gasteiger partial charge on any atom is -0.460 e. The lowest BCUT2D eigenvalue weighted by Crippen LogP contribution is -2.21. The Balaban J connectivity index is 1.59. The van der Waals surface area contributed by atoms with Crippen LogP contribution in [0.3, 0.4) is 0 Å². The maximum absolute atomic E-state index is 12.3. The predicted octanol–water partition coefficient (Wildman–Crippen LogP) is 3.80. The number of rotatable bonds is 6. The van der Waals surface area contributed by atoms with Crippen LogP contribution in [0, 0.1) is 13.8 Å². The first-order valence-electron chi connectivity index (χ1n) is 9.26. The van der Waals surface area contributed by atoms with Gasteiger partial charge in [0.2, 0.25) is 0 Å². The lowest BCUT2D eigenvalue weighted by Gasteiger charge is -2.04. The van der Waals surface area contributed by atoms with E-state index in [4.69, 9.17) is 8.83 Å². The smallest absolute Gasteiger partial charge is 0.271 e. The average Bonchev–Trinajstić information content (AvgIpc) is 3.38. The number of aryl methyl sites for hydroxylation is 2. The van der Waals surface area contributed by atoms with E-state index in [2.05, 4.69) is 21.1 Å². The van der Waals surface area contributed by atoms with E-state index in [9.17, 15) is 9.59 Å². The Labute approximate surface area is 173 Å². The SMILES string of the molecule is CC(=NNC(=O)c1ccc(C(=O)NN=C(C)c2ccc(C)o2)cc1)c1ccc(C)o1. The Morgan fingerprint density at radius 1 is 0.667 bits per heavy atom. The number of hydrogen-bond acceptors (Lipinski definition) is 6. The number of carbonyl (C=O) groups is 2. The van der Waals surface area contributed by atoms with Crippen molar-refractivity contribution in [3.05, 3.63) is 82.7 Å². The van der Waals surface area contributed by atoms with Crippen molar-refractivity contribution in [2.45, 2.75) is 27.7 Å². The Bertz CT molecular complexity index is 1030. The van der Waals surface area contributed by atoms with Crippen LogP contribution in [0.1, 0.15) is 57.6 Å².